The van der Waals surface area contributed by atoms with E-state index in [9.17, 15) is 0 Å². The maximum Gasteiger partial charge on any atom is 0.0563 e. The predicted molar refractivity (Wildman–Crippen MR) is 22.0 cm³/mol. The summed E-state index contributed by atoms with van der Waals surface area (Å²) in [4.78, 5) is 0. The highest BCUT2D eigenvalue weighted by molar-refractivity contribution is 4.50. The van der Waals surface area contributed by atoms with Gasteiger partial charge in [0.05, 0.1) is 5.60 Å². The van der Waals surface area contributed by atoms with Gasteiger partial charge in [-0.05, 0) is 20.7 Å². The molecule has 0 amide bonds. The van der Waals surface area contributed by atoms with Gasteiger partial charge in [0.25, 0.3) is 0 Å². The molecule has 0 saturated heterocycles. The lowest BCUT2D eigenvalue weighted by Crippen LogP contribution is -2.10. The molecule has 0 spiro atoms. The summed E-state index contributed by atoms with van der Waals surface area (Å²) < 4.78 is 20.0. The quantitative estimate of drug-likeness (QED) is 0.453. The summed E-state index contributed by atoms with van der Waals surface area (Å²) in [5.74, 6) is 0. The van der Waals surface area contributed by atoms with E-state index in [1.54, 1.807) is 0 Å². The molecule has 0 aliphatic carbocycles. The van der Waals surface area contributed by atoms with Gasteiger partial charge in [0.2, 0.25) is 0 Å². The Morgan fingerprint density at radius 1 is 1.80 bits per heavy atom. The molecule has 0 heterocycles. The Labute approximate surface area is 36.8 Å². The average molecular weight is 77.1 g/mol. The number of hydrogen-bond donors (Lipinski definition) is 1. The Hall–Kier alpha value is -0.0400. The molecule has 0 fully saturated rings. The van der Waals surface area contributed by atoms with Crippen LogP contribution in [0.3, 0.4) is 0 Å². The summed E-state index contributed by atoms with van der Waals surface area (Å²) in [7, 11) is 0. The zero-order valence-electron chi connectivity index (χ0n) is 6.45. The smallest absolute Gasteiger partial charge is 0.0563 e. The normalized spacial score (nSPS) is 23.4. The van der Waals surface area contributed by atoms with Gasteiger partial charge in [-0.25, -0.2) is 0 Å². The van der Waals surface area contributed by atoms with E-state index in [4.69, 9.17) is 9.22 Å². The van der Waals surface area contributed by atoms with Crippen molar-refractivity contribution in [3.05, 3.63) is 0 Å². The van der Waals surface area contributed by atoms with Crippen LogP contribution in [0, 0.1) is 0 Å². The van der Waals surface area contributed by atoms with E-state index in [0.29, 0.717) is 0 Å². The molecule has 0 aliphatic heterocycles. The lowest BCUT2D eigenvalue weighted by atomic mass is 10.2. The molecule has 0 aromatic carbocycles. The molecule has 32 valence electrons. The van der Waals surface area contributed by atoms with Crippen LogP contribution in [-0.4, -0.2) is 10.7 Å². The molecule has 0 saturated carbocycles. The van der Waals surface area contributed by atoms with Crippen molar-refractivity contribution in [3.63, 3.8) is 0 Å². The molecule has 0 aromatic heterocycles. The monoisotopic (exact) mass is 77.1 g/mol. The van der Waals surface area contributed by atoms with Crippen LogP contribution < -0.4 is 0 Å². The first-order chi connectivity index (χ1) is 3.25. The van der Waals surface area contributed by atoms with Crippen molar-refractivity contribution < 1.29 is 9.22 Å². The Bertz CT molecular complexity index is 66.3. The lowest BCUT2D eigenvalue weighted by molar-refractivity contribution is 0.102. The van der Waals surface area contributed by atoms with Crippen LogP contribution in [-0.2, 0) is 0 Å². The first kappa shape index (κ1) is 1.61. The van der Waals surface area contributed by atoms with Gasteiger partial charge in [0.15, 0.2) is 0 Å². The second kappa shape index (κ2) is 0.977. The molecule has 0 unspecified atom stereocenters. The summed E-state index contributed by atoms with van der Waals surface area (Å²) in [5.41, 5.74) is -1.56. The Morgan fingerprint density at radius 2 is 2.00 bits per heavy atom. The molecule has 0 radical (unpaired) electrons. The van der Waals surface area contributed by atoms with Crippen LogP contribution in [0.4, 0.5) is 0 Å². The molecular formula is C4H10O. The zero-order valence-corrected chi connectivity index (χ0v) is 3.45. The fourth-order valence-corrected chi connectivity index (χ4v) is 0. The third-order valence-electron chi connectivity index (χ3n) is 0. The maximum absolute atomic E-state index is 8.79. The Morgan fingerprint density at radius 3 is 2.00 bits per heavy atom. The van der Waals surface area contributed by atoms with Gasteiger partial charge >= 0.3 is 0 Å². The van der Waals surface area contributed by atoms with Gasteiger partial charge in [0, 0.05) is 4.11 Å². The highest BCUT2D eigenvalue weighted by Gasteiger charge is 1.97. The Kier molecular flexibility index (Phi) is 0.314. The van der Waals surface area contributed by atoms with Crippen LogP contribution in [0.1, 0.15) is 24.8 Å². The third-order valence-corrected chi connectivity index (χ3v) is 0. The predicted octanol–water partition coefficient (Wildman–Crippen LogP) is 0.777. The van der Waals surface area contributed by atoms with Gasteiger partial charge in [-0.3, -0.25) is 0 Å². The highest BCUT2D eigenvalue weighted by atomic mass is 16.3. The second-order valence-corrected chi connectivity index (χ2v) is 1.56. The summed E-state index contributed by atoms with van der Waals surface area (Å²) in [6.07, 6.45) is 0. The molecule has 1 heteroatoms. The van der Waals surface area contributed by atoms with Crippen molar-refractivity contribution in [3.8, 4) is 0 Å². The molecular weight excluding hydrogens is 64.0 g/mol. The van der Waals surface area contributed by atoms with Gasteiger partial charge in [0.1, 0.15) is 0 Å². The fraction of sp³-hybridized carbons (Fsp3) is 1.00. The van der Waals surface area contributed by atoms with E-state index >= 15 is 0 Å². The number of rotatable bonds is 0. The number of aliphatic hydroxyl groups is 1. The minimum absolute atomic E-state index is 1.26. The van der Waals surface area contributed by atoms with Gasteiger partial charge in [-0.2, -0.15) is 0 Å². The first-order valence-corrected chi connectivity index (χ1v) is 1.47. The lowest BCUT2D eigenvalue weighted by Gasteiger charge is -2.04. The third kappa shape index (κ3) is 9510. The molecule has 5 heavy (non-hydrogen) atoms. The van der Waals surface area contributed by atoms with E-state index in [1.807, 2.05) is 0 Å². The standard InChI is InChI=1S/C4H10O/c1-4(2,3)5/h5H,1-3H3/i1D3. The largest absolute Gasteiger partial charge is 0.391 e. The topological polar surface area (TPSA) is 20.2 Å². The summed E-state index contributed by atoms with van der Waals surface area (Å²) >= 11 is 0. The van der Waals surface area contributed by atoms with Crippen molar-refractivity contribution in [2.75, 3.05) is 0 Å². The van der Waals surface area contributed by atoms with Crippen molar-refractivity contribution in [2.45, 2.75) is 26.3 Å². The second-order valence-electron chi connectivity index (χ2n) is 1.56. The molecule has 0 rings (SSSR count). The van der Waals surface area contributed by atoms with Crippen LogP contribution in [0.5, 0.6) is 0 Å². The SMILES string of the molecule is [2H]C([2H])([2H])C(C)(C)O. The van der Waals surface area contributed by atoms with E-state index in [0.717, 1.165) is 0 Å². The fourth-order valence-electron chi connectivity index (χ4n) is 0. The van der Waals surface area contributed by atoms with Crippen molar-refractivity contribution in [1.82, 2.24) is 0 Å². The van der Waals surface area contributed by atoms with Crippen molar-refractivity contribution in [1.29, 1.82) is 0 Å². The van der Waals surface area contributed by atoms with E-state index < -0.39 is 12.5 Å². The minimum atomic E-state index is -2.26. The molecule has 0 bridgehead atoms. The zero-order chi connectivity index (χ0) is 7.00. The van der Waals surface area contributed by atoms with E-state index in [-0.39, 0.29) is 0 Å². The van der Waals surface area contributed by atoms with Gasteiger partial charge < -0.3 is 5.11 Å². The van der Waals surface area contributed by atoms with E-state index in [2.05, 4.69) is 0 Å². The molecule has 0 atom stereocenters. The van der Waals surface area contributed by atoms with Crippen LogP contribution in [0.15, 0.2) is 0 Å². The molecule has 0 aromatic rings. The number of hydrogen-bond acceptors (Lipinski definition) is 1. The van der Waals surface area contributed by atoms with Crippen molar-refractivity contribution >= 4 is 0 Å². The van der Waals surface area contributed by atoms with Crippen LogP contribution in [0.25, 0.3) is 0 Å². The summed E-state index contributed by atoms with van der Waals surface area (Å²) in [6.45, 7) is 0.271. The molecule has 1 nitrogen and oxygen atoms in total. The molecule has 1 N–H and O–H groups in total. The molecule has 0 aliphatic rings. The Balaban J connectivity index is 4.02. The van der Waals surface area contributed by atoms with E-state index in [1.165, 1.54) is 13.8 Å². The van der Waals surface area contributed by atoms with Crippen LogP contribution >= 0.6 is 0 Å². The minimum Gasteiger partial charge on any atom is -0.391 e. The van der Waals surface area contributed by atoms with Gasteiger partial charge in [-0.1, -0.05) is 0 Å². The van der Waals surface area contributed by atoms with Gasteiger partial charge in [-0.15, -0.1) is 0 Å². The first-order valence-electron chi connectivity index (χ1n) is 2.97. The average Bonchev–Trinajstić information content (AvgIpc) is 1.25. The van der Waals surface area contributed by atoms with Crippen LogP contribution in [0.2, 0.25) is 0 Å². The highest BCUT2D eigenvalue weighted by Crippen LogP contribution is 1.93. The maximum atomic E-state index is 8.79. The summed E-state index contributed by atoms with van der Waals surface area (Å²) in [6, 6.07) is 0. The summed E-state index contributed by atoms with van der Waals surface area (Å²) in [5, 5.41) is 8.79. The van der Waals surface area contributed by atoms with Crippen molar-refractivity contribution in [2.24, 2.45) is 0 Å².